The average Bonchev–Trinajstić information content (AvgIpc) is 2.86. The van der Waals surface area contributed by atoms with Crippen molar-refractivity contribution in [3.05, 3.63) is 48.0 Å². The van der Waals surface area contributed by atoms with Gasteiger partial charge in [-0.3, -0.25) is 14.6 Å². The van der Waals surface area contributed by atoms with Gasteiger partial charge in [0.1, 0.15) is 0 Å². The standard InChI is InChI=1S/C14H21N5/c1-3-19(11-13-6-4-5-7-16-13)14(8-15)12-9-17-18(2)10-12/h4-7,9-10,14H,3,8,11,15H2,1-2H3. The molecule has 0 aliphatic carbocycles. The molecular formula is C14H21N5. The molecule has 19 heavy (non-hydrogen) atoms. The molecule has 1 unspecified atom stereocenters. The van der Waals surface area contributed by atoms with E-state index in [0.717, 1.165) is 24.3 Å². The number of rotatable bonds is 6. The Morgan fingerprint density at radius 2 is 2.26 bits per heavy atom. The normalized spacial score (nSPS) is 12.8. The summed E-state index contributed by atoms with van der Waals surface area (Å²) in [6.45, 7) is 4.44. The topological polar surface area (TPSA) is 60.0 Å². The lowest BCUT2D eigenvalue weighted by Crippen LogP contribution is -2.33. The quantitative estimate of drug-likeness (QED) is 0.850. The van der Waals surface area contributed by atoms with E-state index in [2.05, 4.69) is 21.9 Å². The summed E-state index contributed by atoms with van der Waals surface area (Å²) in [7, 11) is 1.92. The van der Waals surface area contributed by atoms with E-state index < -0.39 is 0 Å². The molecule has 1 atom stereocenters. The fraction of sp³-hybridized carbons (Fsp3) is 0.429. The third-order valence-electron chi connectivity index (χ3n) is 3.27. The molecule has 2 N–H and O–H groups in total. The maximum absolute atomic E-state index is 5.95. The minimum Gasteiger partial charge on any atom is -0.329 e. The Morgan fingerprint density at radius 3 is 2.79 bits per heavy atom. The summed E-state index contributed by atoms with van der Waals surface area (Å²) < 4.78 is 1.81. The highest BCUT2D eigenvalue weighted by molar-refractivity contribution is 5.12. The third kappa shape index (κ3) is 3.39. The number of aromatic nitrogens is 3. The highest BCUT2D eigenvalue weighted by Crippen LogP contribution is 2.20. The molecule has 0 radical (unpaired) electrons. The maximum Gasteiger partial charge on any atom is 0.0544 e. The Kier molecular flexibility index (Phi) is 4.65. The summed E-state index contributed by atoms with van der Waals surface area (Å²) in [5.41, 5.74) is 8.16. The van der Waals surface area contributed by atoms with E-state index in [4.69, 9.17) is 5.73 Å². The van der Waals surface area contributed by atoms with Crippen LogP contribution in [0.15, 0.2) is 36.8 Å². The molecule has 0 bridgehead atoms. The van der Waals surface area contributed by atoms with E-state index in [1.54, 1.807) is 0 Å². The van der Waals surface area contributed by atoms with Crippen molar-refractivity contribution in [3.8, 4) is 0 Å². The highest BCUT2D eigenvalue weighted by atomic mass is 15.3. The SMILES string of the molecule is CCN(Cc1ccccn1)C(CN)c1cnn(C)c1. The van der Waals surface area contributed by atoms with Crippen LogP contribution >= 0.6 is 0 Å². The lowest BCUT2D eigenvalue weighted by atomic mass is 10.1. The van der Waals surface area contributed by atoms with Gasteiger partial charge < -0.3 is 5.73 Å². The summed E-state index contributed by atoms with van der Waals surface area (Å²) in [5.74, 6) is 0. The van der Waals surface area contributed by atoms with Crippen LogP contribution < -0.4 is 5.73 Å². The van der Waals surface area contributed by atoms with E-state index in [1.165, 1.54) is 0 Å². The Bertz CT molecular complexity index is 494. The molecule has 2 heterocycles. The molecule has 0 saturated carbocycles. The molecule has 0 saturated heterocycles. The Hall–Kier alpha value is -1.72. The molecule has 2 rings (SSSR count). The van der Waals surface area contributed by atoms with Gasteiger partial charge in [0.2, 0.25) is 0 Å². The van der Waals surface area contributed by atoms with E-state index in [1.807, 2.05) is 48.5 Å². The Labute approximate surface area is 114 Å². The van der Waals surface area contributed by atoms with E-state index in [0.29, 0.717) is 6.54 Å². The van der Waals surface area contributed by atoms with E-state index in [9.17, 15) is 0 Å². The summed E-state index contributed by atoms with van der Waals surface area (Å²) in [6, 6.07) is 6.17. The maximum atomic E-state index is 5.95. The Morgan fingerprint density at radius 1 is 1.42 bits per heavy atom. The molecule has 2 aromatic heterocycles. The van der Waals surface area contributed by atoms with Gasteiger partial charge in [0, 0.05) is 38.1 Å². The van der Waals surface area contributed by atoms with Gasteiger partial charge in [-0.2, -0.15) is 5.10 Å². The number of hydrogen-bond donors (Lipinski definition) is 1. The van der Waals surface area contributed by atoms with Gasteiger partial charge in [-0.1, -0.05) is 13.0 Å². The number of nitrogens with zero attached hydrogens (tertiary/aromatic N) is 4. The molecule has 2 aromatic rings. The number of aryl methyl sites for hydroxylation is 1. The molecule has 5 heteroatoms. The third-order valence-corrected chi connectivity index (χ3v) is 3.27. The van der Waals surface area contributed by atoms with Gasteiger partial charge in [0.25, 0.3) is 0 Å². The molecule has 0 aliphatic rings. The summed E-state index contributed by atoms with van der Waals surface area (Å²) in [5, 5.41) is 4.23. The number of nitrogens with two attached hydrogens (primary N) is 1. The van der Waals surface area contributed by atoms with Crippen molar-refractivity contribution in [1.29, 1.82) is 0 Å². The molecule has 0 fully saturated rings. The van der Waals surface area contributed by atoms with Crippen LogP contribution in [0, 0.1) is 0 Å². The molecule has 0 spiro atoms. The van der Waals surface area contributed by atoms with E-state index in [-0.39, 0.29) is 6.04 Å². The van der Waals surface area contributed by atoms with Crippen LogP contribution in [0.25, 0.3) is 0 Å². The number of likely N-dealkylation sites (N-methyl/N-ethyl adjacent to an activating group) is 1. The van der Waals surface area contributed by atoms with Crippen molar-refractivity contribution in [2.24, 2.45) is 12.8 Å². The van der Waals surface area contributed by atoms with Crippen LogP contribution in [0.3, 0.4) is 0 Å². The van der Waals surface area contributed by atoms with Crippen LogP contribution in [0.1, 0.15) is 24.2 Å². The number of pyridine rings is 1. The smallest absolute Gasteiger partial charge is 0.0544 e. The predicted molar refractivity (Wildman–Crippen MR) is 75.3 cm³/mol. The fourth-order valence-corrected chi connectivity index (χ4v) is 2.25. The van der Waals surface area contributed by atoms with Gasteiger partial charge in [-0.25, -0.2) is 0 Å². The fourth-order valence-electron chi connectivity index (χ4n) is 2.25. The van der Waals surface area contributed by atoms with Crippen LogP contribution in [0.4, 0.5) is 0 Å². The first kappa shape index (κ1) is 13.7. The van der Waals surface area contributed by atoms with E-state index >= 15 is 0 Å². The van der Waals surface area contributed by atoms with Gasteiger partial charge in [0.15, 0.2) is 0 Å². The van der Waals surface area contributed by atoms with Crippen molar-refractivity contribution in [2.75, 3.05) is 13.1 Å². The van der Waals surface area contributed by atoms with Crippen molar-refractivity contribution in [2.45, 2.75) is 19.5 Å². The van der Waals surface area contributed by atoms with Crippen LogP contribution in [0.2, 0.25) is 0 Å². The molecule has 0 aliphatic heterocycles. The zero-order valence-electron chi connectivity index (χ0n) is 11.5. The second kappa shape index (κ2) is 6.45. The highest BCUT2D eigenvalue weighted by Gasteiger charge is 2.19. The molecule has 5 nitrogen and oxygen atoms in total. The zero-order chi connectivity index (χ0) is 13.7. The second-order valence-corrected chi connectivity index (χ2v) is 4.58. The van der Waals surface area contributed by atoms with Crippen LogP contribution in [-0.2, 0) is 13.6 Å². The van der Waals surface area contributed by atoms with Crippen LogP contribution in [-0.4, -0.2) is 32.8 Å². The van der Waals surface area contributed by atoms with Crippen LogP contribution in [0.5, 0.6) is 0 Å². The monoisotopic (exact) mass is 259 g/mol. The minimum absolute atomic E-state index is 0.181. The van der Waals surface area contributed by atoms with Gasteiger partial charge in [0.05, 0.1) is 17.9 Å². The molecule has 0 amide bonds. The lowest BCUT2D eigenvalue weighted by molar-refractivity contribution is 0.201. The number of hydrogen-bond acceptors (Lipinski definition) is 4. The van der Waals surface area contributed by atoms with Crippen molar-refractivity contribution in [3.63, 3.8) is 0 Å². The minimum atomic E-state index is 0.181. The van der Waals surface area contributed by atoms with Crippen molar-refractivity contribution in [1.82, 2.24) is 19.7 Å². The first-order chi connectivity index (χ1) is 9.24. The molecule has 102 valence electrons. The summed E-state index contributed by atoms with van der Waals surface area (Å²) >= 11 is 0. The summed E-state index contributed by atoms with van der Waals surface area (Å²) in [6.07, 6.45) is 5.74. The van der Waals surface area contributed by atoms with Gasteiger partial charge in [-0.05, 0) is 18.7 Å². The first-order valence-electron chi connectivity index (χ1n) is 6.57. The lowest BCUT2D eigenvalue weighted by Gasteiger charge is -2.28. The average molecular weight is 259 g/mol. The zero-order valence-corrected chi connectivity index (χ0v) is 11.5. The largest absolute Gasteiger partial charge is 0.329 e. The molecule has 0 aromatic carbocycles. The van der Waals surface area contributed by atoms with Crippen molar-refractivity contribution >= 4 is 0 Å². The van der Waals surface area contributed by atoms with Crippen molar-refractivity contribution < 1.29 is 0 Å². The Balaban J connectivity index is 2.15. The molecular weight excluding hydrogens is 238 g/mol. The second-order valence-electron chi connectivity index (χ2n) is 4.58. The predicted octanol–water partition coefficient (Wildman–Crippen LogP) is 1.34. The van der Waals surface area contributed by atoms with Gasteiger partial charge in [-0.15, -0.1) is 0 Å². The van der Waals surface area contributed by atoms with Gasteiger partial charge >= 0.3 is 0 Å². The summed E-state index contributed by atoms with van der Waals surface area (Å²) in [4.78, 5) is 6.70. The first-order valence-corrected chi connectivity index (χ1v) is 6.57.